The highest BCUT2D eigenvalue weighted by atomic mass is 16.5. The van der Waals surface area contributed by atoms with Crippen molar-refractivity contribution < 1.29 is 14.6 Å². The van der Waals surface area contributed by atoms with E-state index in [-0.39, 0.29) is 11.6 Å². The summed E-state index contributed by atoms with van der Waals surface area (Å²) in [7, 11) is 0. The summed E-state index contributed by atoms with van der Waals surface area (Å²) in [5.74, 6) is -0.709. The van der Waals surface area contributed by atoms with Crippen LogP contribution in [-0.4, -0.2) is 58.9 Å². The lowest BCUT2D eigenvalue weighted by Gasteiger charge is -2.46. The van der Waals surface area contributed by atoms with E-state index in [1.165, 1.54) is 0 Å². The number of rotatable bonds is 4. The normalized spacial score (nSPS) is 34.5. The predicted molar refractivity (Wildman–Crippen MR) is 77.9 cm³/mol. The van der Waals surface area contributed by atoms with E-state index in [9.17, 15) is 9.90 Å². The average Bonchev–Trinajstić information content (AvgIpc) is 2.72. The van der Waals surface area contributed by atoms with Crippen molar-refractivity contribution in [2.75, 3.05) is 19.8 Å². The van der Waals surface area contributed by atoms with Crippen molar-refractivity contribution in [2.24, 2.45) is 0 Å². The minimum absolute atomic E-state index is 0.00463. The molecule has 2 atom stereocenters. The molecule has 2 aliphatic rings. The molecule has 2 fully saturated rings. The Morgan fingerprint density at radius 3 is 2.70 bits per heavy atom. The summed E-state index contributed by atoms with van der Waals surface area (Å²) in [6.45, 7) is 10.8. The Bertz CT molecular complexity index is 370. The summed E-state index contributed by atoms with van der Waals surface area (Å²) < 4.78 is 5.56. The number of nitrogens with zero attached hydrogens (tertiary/aromatic N) is 1. The van der Waals surface area contributed by atoms with Crippen LogP contribution in [0.25, 0.3) is 0 Å². The third kappa shape index (κ3) is 3.00. The van der Waals surface area contributed by atoms with Gasteiger partial charge in [0.05, 0.1) is 13.2 Å². The van der Waals surface area contributed by atoms with E-state index in [2.05, 4.69) is 24.1 Å². The van der Waals surface area contributed by atoms with E-state index in [0.29, 0.717) is 18.9 Å². The molecule has 1 aliphatic heterocycles. The molecule has 5 heteroatoms. The molecule has 2 unspecified atom stereocenters. The van der Waals surface area contributed by atoms with E-state index in [0.717, 1.165) is 26.2 Å². The Morgan fingerprint density at radius 2 is 2.15 bits per heavy atom. The van der Waals surface area contributed by atoms with Crippen LogP contribution in [0, 0.1) is 0 Å². The molecule has 0 aromatic heterocycles. The van der Waals surface area contributed by atoms with Crippen molar-refractivity contribution in [3.05, 3.63) is 0 Å². The summed E-state index contributed by atoms with van der Waals surface area (Å²) >= 11 is 0. The SMILES string of the molecule is CC(C)NC1(C(=O)O)CCC(N2CCOCC2(C)C)C1. The fourth-order valence-electron chi connectivity index (χ4n) is 3.77. The molecule has 116 valence electrons. The van der Waals surface area contributed by atoms with Crippen LogP contribution in [0.4, 0.5) is 0 Å². The summed E-state index contributed by atoms with van der Waals surface area (Å²) in [6.07, 6.45) is 2.33. The molecule has 20 heavy (non-hydrogen) atoms. The molecule has 1 aliphatic carbocycles. The highest BCUT2D eigenvalue weighted by Gasteiger charge is 2.49. The van der Waals surface area contributed by atoms with Gasteiger partial charge in [0, 0.05) is 24.2 Å². The van der Waals surface area contributed by atoms with E-state index in [1.807, 2.05) is 13.8 Å². The maximum absolute atomic E-state index is 11.7. The number of carboxylic acid groups (broad SMARTS) is 1. The standard InChI is InChI=1S/C15H28N2O3/c1-11(2)16-15(13(18)19)6-5-12(9-15)17-7-8-20-10-14(17,3)4/h11-12,16H,5-10H2,1-4H3,(H,18,19). The monoisotopic (exact) mass is 284 g/mol. The minimum atomic E-state index is -0.757. The van der Waals surface area contributed by atoms with Gasteiger partial charge in [-0.05, 0) is 47.0 Å². The van der Waals surface area contributed by atoms with Gasteiger partial charge in [-0.2, -0.15) is 0 Å². The molecule has 1 heterocycles. The van der Waals surface area contributed by atoms with Gasteiger partial charge in [0.2, 0.25) is 0 Å². The van der Waals surface area contributed by atoms with Gasteiger partial charge in [-0.3, -0.25) is 15.0 Å². The quantitative estimate of drug-likeness (QED) is 0.818. The smallest absolute Gasteiger partial charge is 0.323 e. The lowest BCUT2D eigenvalue weighted by Crippen LogP contribution is -2.58. The van der Waals surface area contributed by atoms with Crippen LogP contribution in [0.5, 0.6) is 0 Å². The Morgan fingerprint density at radius 1 is 1.45 bits per heavy atom. The largest absolute Gasteiger partial charge is 0.480 e. The third-order valence-corrected chi connectivity index (χ3v) is 4.61. The topological polar surface area (TPSA) is 61.8 Å². The second-order valence-electron chi connectivity index (χ2n) is 7.14. The zero-order valence-electron chi connectivity index (χ0n) is 13.1. The summed E-state index contributed by atoms with van der Waals surface area (Å²) in [5, 5.41) is 12.9. The second-order valence-corrected chi connectivity index (χ2v) is 7.14. The van der Waals surface area contributed by atoms with Crippen molar-refractivity contribution in [1.29, 1.82) is 0 Å². The van der Waals surface area contributed by atoms with Gasteiger partial charge in [-0.15, -0.1) is 0 Å². The highest BCUT2D eigenvalue weighted by molar-refractivity contribution is 5.79. The minimum Gasteiger partial charge on any atom is -0.480 e. The van der Waals surface area contributed by atoms with E-state index in [1.54, 1.807) is 0 Å². The molecule has 0 amide bonds. The van der Waals surface area contributed by atoms with Gasteiger partial charge in [0.1, 0.15) is 5.54 Å². The van der Waals surface area contributed by atoms with Gasteiger partial charge in [0.15, 0.2) is 0 Å². The summed E-state index contributed by atoms with van der Waals surface area (Å²) in [6, 6.07) is 0.513. The number of carboxylic acids is 1. The Hall–Kier alpha value is -0.650. The maximum atomic E-state index is 11.7. The first-order chi connectivity index (χ1) is 9.27. The van der Waals surface area contributed by atoms with Crippen LogP contribution in [0.3, 0.4) is 0 Å². The number of ether oxygens (including phenoxy) is 1. The van der Waals surface area contributed by atoms with Crippen LogP contribution >= 0.6 is 0 Å². The average molecular weight is 284 g/mol. The van der Waals surface area contributed by atoms with Crippen LogP contribution in [0.2, 0.25) is 0 Å². The highest BCUT2D eigenvalue weighted by Crippen LogP contribution is 2.37. The lowest BCUT2D eigenvalue weighted by molar-refractivity contribution is -0.145. The first kappa shape index (κ1) is 15.7. The van der Waals surface area contributed by atoms with Gasteiger partial charge < -0.3 is 9.84 Å². The molecule has 0 spiro atoms. The molecular weight excluding hydrogens is 256 g/mol. The number of nitrogens with one attached hydrogen (secondary N) is 1. The van der Waals surface area contributed by atoms with Crippen molar-refractivity contribution in [3.8, 4) is 0 Å². The Balaban J connectivity index is 2.11. The van der Waals surface area contributed by atoms with Crippen LogP contribution < -0.4 is 5.32 Å². The van der Waals surface area contributed by atoms with Crippen molar-refractivity contribution in [2.45, 2.75) is 70.1 Å². The van der Waals surface area contributed by atoms with Crippen molar-refractivity contribution >= 4 is 5.97 Å². The van der Waals surface area contributed by atoms with E-state index in [4.69, 9.17) is 4.74 Å². The third-order valence-electron chi connectivity index (χ3n) is 4.61. The van der Waals surface area contributed by atoms with E-state index >= 15 is 0 Å². The van der Waals surface area contributed by atoms with Gasteiger partial charge in [-0.25, -0.2) is 0 Å². The van der Waals surface area contributed by atoms with Gasteiger partial charge in [0.25, 0.3) is 0 Å². The Kier molecular flexibility index (Phi) is 4.42. The molecule has 2 N–H and O–H groups in total. The predicted octanol–water partition coefficient (Wildman–Crippen LogP) is 1.47. The molecule has 0 radical (unpaired) electrons. The molecule has 0 aromatic carbocycles. The van der Waals surface area contributed by atoms with Crippen LogP contribution in [0.15, 0.2) is 0 Å². The molecule has 0 aromatic rings. The van der Waals surface area contributed by atoms with Crippen molar-refractivity contribution in [3.63, 3.8) is 0 Å². The molecule has 5 nitrogen and oxygen atoms in total. The number of aliphatic carboxylic acids is 1. The molecule has 0 bridgehead atoms. The van der Waals surface area contributed by atoms with Crippen LogP contribution in [-0.2, 0) is 9.53 Å². The van der Waals surface area contributed by atoms with Gasteiger partial charge in [-0.1, -0.05) is 0 Å². The van der Waals surface area contributed by atoms with E-state index < -0.39 is 11.5 Å². The summed E-state index contributed by atoms with van der Waals surface area (Å²) in [5.41, 5.74) is -0.761. The molecule has 1 saturated carbocycles. The molecular formula is C15H28N2O3. The lowest BCUT2D eigenvalue weighted by atomic mass is 9.94. The zero-order chi connectivity index (χ0) is 15.0. The molecule has 1 saturated heterocycles. The fraction of sp³-hybridized carbons (Fsp3) is 0.933. The van der Waals surface area contributed by atoms with Gasteiger partial charge >= 0.3 is 5.97 Å². The summed E-state index contributed by atoms with van der Waals surface area (Å²) in [4.78, 5) is 14.2. The number of carbonyl (C=O) groups is 1. The number of morpholine rings is 1. The zero-order valence-corrected chi connectivity index (χ0v) is 13.1. The maximum Gasteiger partial charge on any atom is 0.323 e. The fourth-order valence-corrected chi connectivity index (χ4v) is 3.77. The van der Waals surface area contributed by atoms with Crippen LogP contribution in [0.1, 0.15) is 47.0 Å². The molecule has 2 rings (SSSR count). The first-order valence-corrected chi connectivity index (χ1v) is 7.62. The number of hydrogen-bond acceptors (Lipinski definition) is 4. The Labute approximate surface area is 121 Å². The second kappa shape index (κ2) is 5.62. The number of hydrogen-bond donors (Lipinski definition) is 2. The van der Waals surface area contributed by atoms with Crippen molar-refractivity contribution in [1.82, 2.24) is 10.2 Å². The first-order valence-electron chi connectivity index (χ1n) is 7.62.